The molecule has 0 aliphatic rings. The number of anilines is 1. The van der Waals surface area contributed by atoms with Crippen LogP contribution in [-0.2, 0) is 28.9 Å². The Kier molecular flexibility index (Phi) is 7.40. The van der Waals surface area contributed by atoms with Crippen molar-refractivity contribution < 1.29 is 37.3 Å². The quantitative estimate of drug-likeness (QED) is 0.481. The molecule has 0 aliphatic carbocycles. The van der Waals surface area contributed by atoms with Crippen molar-refractivity contribution in [2.45, 2.75) is 4.90 Å². The summed E-state index contributed by atoms with van der Waals surface area (Å²) in [6.07, 6.45) is 0.861. The minimum absolute atomic E-state index is 0.0906. The summed E-state index contributed by atoms with van der Waals surface area (Å²) >= 11 is 0. The Morgan fingerprint density at radius 2 is 1.88 bits per heavy atom. The van der Waals surface area contributed by atoms with E-state index in [1.807, 2.05) is 0 Å². The number of aliphatic hydroxyl groups excluding tert-OH is 1. The zero-order valence-corrected chi connectivity index (χ0v) is 14.8. The molecule has 138 valence electrons. The van der Waals surface area contributed by atoms with Crippen molar-refractivity contribution in [3.8, 4) is 5.75 Å². The van der Waals surface area contributed by atoms with Crippen LogP contribution in [0.4, 0.5) is 5.69 Å². The number of ether oxygens (including phenoxy) is 3. The summed E-state index contributed by atoms with van der Waals surface area (Å²) in [6, 6.07) is 3.90. The van der Waals surface area contributed by atoms with Gasteiger partial charge < -0.3 is 24.6 Å². The van der Waals surface area contributed by atoms with Gasteiger partial charge in [-0.3, -0.25) is 0 Å². The number of rotatable bonds is 8. The topological polar surface area (TPSA) is 128 Å². The molecule has 0 heterocycles. The second-order valence-electron chi connectivity index (χ2n) is 4.60. The Labute approximate surface area is 145 Å². The van der Waals surface area contributed by atoms with Crippen LogP contribution in [0.25, 0.3) is 0 Å². The van der Waals surface area contributed by atoms with Crippen molar-refractivity contribution in [1.82, 2.24) is 0 Å². The minimum atomic E-state index is -3.72. The molecule has 0 amide bonds. The summed E-state index contributed by atoms with van der Waals surface area (Å²) < 4.78 is 38.3. The van der Waals surface area contributed by atoms with Crippen LogP contribution in [0.5, 0.6) is 5.75 Å². The summed E-state index contributed by atoms with van der Waals surface area (Å²) in [4.78, 5) is 23.1. The van der Waals surface area contributed by atoms with Crippen molar-refractivity contribution in [3.05, 3.63) is 30.0 Å². The number of carbonyl (C=O) groups excluding carboxylic acids is 2. The molecule has 0 saturated carbocycles. The maximum Gasteiger partial charge on any atom is 0.354 e. The molecular weight excluding hydrogens is 354 g/mol. The summed E-state index contributed by atoms with van der Waals surface area (Å²) in [5.74, 6) is -1.91. The highest BCUT2D eigenvalue weighted by atomic mass is 32.2. The molecule has 0 atom stereocenters. The van der Waals surface area contributed by atoms with E-state index in [2.05, 4.69) is 14.8 Å². The molecule has 0 spiro atoms. The molecule has 25 heavy (non-hydrogen) atoms. The van der Waals surface area contributed by atoms with E-state index in [0.717, 1.165) is 20.3 Å². The predicted octanol–water partition coefficient (Wildman–Crippen LogP) is 0.103. The summed E-state index contributed by atoms with van der Waals surface area (Å²) in [7, 11) is -0.114. The maximum absolute atomic E-state index is 12.1. The molecule has 0 saturated heterocycles. The third-order valence-corrected chi connectivity index (χ3v) is 4.72. The molecule has 0 radical (unpaired) electrons. The van der Waals surface area contributed by atoms with Gasteiger partial charge in [-0.15, -0.1) is 0 Å². The number of hydrogen-bond donors (Lipinski definition) is 2. The molecule has 9 nitrogen and oxygen atoms in total. The van der Waals surface area contributed by atoms with Crippen molar-refractivity contribution in [1.29, 1.82) is 0 Å². The molecule has 0 unspecified atom stereocenters. The highest BCUT2D eigenvalue weighted by Crippen LogP contribution is 2.29. The number of sulfone groups is 1. The number of aliphatic hydroxyl groups is 1. The van der Waals surface area contributed by atoms with Gasteiger partial charge in [0.1, 0.15) is 11.4 Å². The number of methoxy groups -OCH3 is 3. The van der Waals surface area contributed by atoms with E-state index in [4.69, 9.17) is 9.84 Å². The van der Waals surface area contributed by atoms with Gasteiger partial charge in [-0.1, -0.05) is 0 Å². The smallest absolute Gasteiger partial charge is 0.354 e. The molecule has 0 aromatic heterocycles. The fourth-order valence-electron chi connectivity index (χ4n) is 1.79. The molecule has 2 N–H and O–H groups in total. The Bertz CT molecular complexity index is 770. The molecular formula is C15H19NO8S. The summed E-state index contributed by atoms with van der Waals surface area (Å²) in [5, 5.41) is 11.5. The molecule has 0 bridgehead atoms. The van der Waals surface area contributed by atoms with E-state index in [0.29, 0.717) is 0 Å². The minimum Gasteiger partial charge on any atom is -0.495 e. The molecule has 1 rings (SSSR count). The largest absolute Gasteiger partial charge is 0.495 e. The normalized spacial score (nSPS) is 11.6. The fourth-order valence-corrected chi connectivity index (χ4v) is 2.84. The van der Waals surface area contributed by atoms with Crippen LogP contribution >= 0.6 is 0 Å². The highest BCUT2D eigenvalue weighted by molar-refractivity contribution is 7.91. The first kappa shape index (κ1) is 20.5. The molecule has 0 aliphatic heterocycles. The zero-order valence-electron chi connectivity index (χ0n) is 13.9. The number of benzene rings is 1. The van der Waals surface area contributed by atoms with Gasteiger partial charge in [0.05, 0.1) is 50.3 Å². The Morgan fingerprint density at radius 3 is 2.40 bits per heavy atom. The first-order valence-electron chi connectivity index (χ1n) is 6.95. The summed E-state index contributed by atoms with van der Waals surface area (Å²) in [6.45, 7) is -0.535. The Morgan fingerprint density at radius 1 is 1.20 bits per heavy atom. The van der Waals surface area contributed by atoms with Gasteiger partial charge in [0.2, 0.25) is 0 Å². The molecule has 10 heteroatoms. The fraction of sp³-hybridized carbons (Fsp3) is 0.333. The SMILES string of the molecule is COC(=O)/C=C(/Nc1cc(S(=O)(=O)CCO)ccc1OC)C(=O)OC. The van der Waals surface area contributed by atoms with Gasteiger partial charge in [0.15, 0.2) is 9.84 Å². The Balaban J connectivity index is 3.35. The van der Waals surface area contributed by atoms with Gasteiger partial charge in [0, 0.05) is 0 Å². The van der Waals surface area contributed by atoms with Crippen LogP contribution in [0.3, 0.4) is 0 Å². The number of hydrogen-bond acceptors (Lipinski definition) is 9. The third-order valence-electron chi connectivity index (χ3n) is 3.03. The second-order valence-corrected chi connectivity index (χ2v) is 6.71. The van der Waals surface area contributed by atoms with Gasteiger partial charge in [-0.05, 0) is 18.2 Å². The number of carbonyl (C=O) groups is 2. The lowest BCUT2D eigenvalue weighted by Gasteiger charge is -2.14. The second kappa shape index (κ2) is 9.04. The van der Waals surface area contributed by atoms with E-state index in [-0.39, 0.29) is 22.0 Å². The first-order chi connectivity index (χ1) is 11.8. The third kappa shape index (κ3) is 5.47. The van der Waals surface area contributed by atoms with Crippen LogP contribution in [0.1, 0.15) is 0 Å². The average Bonchev–Trinajstić information content (AvgIpc) is 2.60. The van der Waals surface area contributed by atoms with Crippen LogP contribution in [0.2, 0.25) is 0 Å². The van der Waals surface area contributed by atoms with E-state index in [1.54, 1.807) is 0 Å². The summed E-state index contributed by atoms with van der Waals surface area (Å²) in [5.41, 5.74) is -0.161. The van der Waals surface area contributed by atoms with E-state index >= 15 is 0 Å². The monoisotopic (exact) mass is 373 g/mol. The lowest BCUT2D eigenvalue weighted by molar-refractivity contribution is -0.138. The van der Waals surface area contributed by atoms with Crippen molar-refractivity contribution in [2.75, 3.05) is 39.0 Å². The van der Waals surface area contributed by atoms with Crippen LogP contribution in [0, 0.1) is 0 Å². The van der Waals surface area contributed by atoms with Crippen molar-refractivity contribution >= 4 is 27.5 Å². The predicted molar refractivity (Wildman–Crippen MR) is 87.9 cm³/mol. The zero-order chi connectivity index (χ0) is 19.0. The van der Waals surface area contributed by atoms with Crippen molar-refractivity contribution in [3.63, 3.8) is 0 Å². The average molecular weight is 373 g/mol. The molecule has 0 fully saturated rings. The highest BCUT2D eigenvalue weighted by Gasteiger charge is 2.19. The van der Waals surface area contributed by atoms with Gasteiger partial charge in [0.25, 0.3) is 0 Å². The van der Waals surface area contributed by atoms with Crippen LogP contribution in [0.15, 0.2) is 34.9 Å². The Hall–Kier alpha value is -2.59. The molecule has 1 aromatic rings. The van der Waals surface area contributed by atoms with Crippen LogP contribution < -0.4 is 10.1 Å². The maximum atomic E-state index is 12.1. The number of esters is 2. The lowest BCUT2D eigenvalue weighted by Crippen LogP contribution is -2.16. The van der Waals surface area contributed by atoms with Crippen LogP contribution in [-0.4, -0.2) is 59.2 Å². The van der Waals surface area contributed by atoms with E-state index in [1.165, 1.54) is 25.3 Å². The van der Waals surface area contributed by atoms with Gasteiger partial charge >= 0.3 is 11.9 Å². The standard InChI is InChI=1S/C15H19NO8S/c1-22-13-5-4-10(25(20,21)7-6-17)8-11(13)16-12(15(19)24-3)9-14(18)23-2/h4-5,8-9,16-17H,6-7H2,1-3H3/b12-9+. The van der Waals surface area contributed by atoms with Gasteiger partial charge in [-0.25, -0.2) is 18.0 Å². The number of nitrogens with one attached hydrogen (secondary N) is 1. The molecule has 1 aromatic carbocycles. The van der Waals surface area contributed by atoms with E-state index < -0.39 is 34.1 Å². The van der Waals surface area contributed by atoms with Crippen molar-refractivity contribution in [2.24, 2.45) is 0 Å². The lowest BCUT2D eigenvalue weighted by atomic mass is 10.2. The first-order valence-corrected chi connectivity index (χ1v) is 8.61. The van der Waals surface area contributed by atoms with Gasteiger partial charge in [-0.2, -0.15) is 0 Å². The van der Waals surface area contributed by atoms with E-state index in [9.17, 15) is 18.0 Å².